The van der Waals surface area contributed by atoms with Crippen LogP contribution in [0.4, 0.5) is 13.2 Å². The maximum Gasteiger partial charge on any atom is 0.194 e. The fraction of sp³-hybridized carbons (Fsp3) is 0.538. The van der Waals surface area contributed by atoms with Crippen molar-refractivity contribution in [2.24, 2.45) is 0 Å². The quantitative estimate of drug-likeness (QED) is 0.591. The Balaban J connectivity index is 2.60. The van der Waals surface area contributed by atoms with Crippen LogP contribution in [-0.2, 0) is 0 Å². The SMILES string of the molecule is CCCCCCC(O)c1cc(F)c(F)c(F)c1. The van der Waals surface area contributed by atoms with E-state index in [0.717, 1.165) is 37.8 Å². The van der Waals surface area contributed by atoms with E-state index in [1.807, 2.05) is 0 Å². The molecule has 0 heterocycles. The van der Waals surface area contributed by atoms with Gasteiger partial charge in [-0.3, -0.25) is 0 Å². The van der Waals surface area contributed by atoms with Crippen molar-refractivity contribution in [2.75, 3.05) is 0 Å². The first kappa shape index (κ1) is 14.0. The van der Waals surface area contributed by atoms with Gasteiger partial charge in [0.15, 0.2) is 17.5 Å². The third-order valence-electron chi connectivity index (χ3n) is 2.72. The van der Waals surface area contributed by atoms with Gasteiger partial charge in [0.2, 0.25) is 0 Å². The fourth-order valence-electron chi connectivity index (χ4n) is 1.70. The molecule has 96 valence electrons. The summed E-state index contributed by atoms with van der Waals surface area (Å²) in [5, 5.41) is 9.70. The number of aliphatic hydroxyl groups excluding tert-OH is 1. The van der Waals surface area contributed by atoms with Gasteiger partial charge in [0.25, 0.3) is 0 Å². The Morgan fingerprint density at radius 1 is 1.06 bits per heavy atom. The molecule has 1 nitrogen and oxygen atoms in total. The van der Waals surface area contributed by atoms with Gasteiger partial charge in [-0.2, -0.15) is 0 Å². The van der Waals surface area contributed by atoms with E-state index in [0.29, 0.717) is 6.42 Å². The minimum atomic E-state index is -1.49. The molecule has 0 amide bonds. The van der Waals surface area contributed by atoms with Crippen molar-refractivity contribution >= 4 is 0 Å². The molecule has 1 aromatic carbocycles. The molecule has 0 saturated carbocycles. The minimum absolute atomic E-state index is 0.0953. The zero-order valence-electron chi connectivity index (χ0n) is 9.85. The van der Waals surface area contributed by atoms with E-state index in [9.17, 15) is 18.3 Å². The van der Waals surface area contributed by atoms with Crippen LogP contribution in [0, 0.1) is 17.5 Å². The lowest BCUT2D eigenvalue weighted by atomic mass is 10.0. The van der Waals surface area contributed by atoms with Crippen molar-refractivity contribution in [1.29, 1.82) is 0 Å². The van der Waals surface area contributed by atoms with E-state index >= 15 is 0 Å². The molecule has 0 aliphatic carbocycles. The Labute approximate surface area is 99.3 Å². The van der Waals surface area contributed by atoms with Crippen LogP contribution in [0.3, 0.4) is 0 Å². The van der Waals surface area contributed by atoms with Crippen LogP contribution < -0.4 is 0 Å². The van der Waals surface area contributed by atoms with Gasteiger partial charge in [-0.15, -0.1) is 0 Å². The number of aliphatic hydroxyl groups is 1. The number of unbranched alkanes of at least 4 members (excludes halogenated alkanes) is 3. The maximum absolute atomic E-state index is 12.9. The van der Waals surface area contributed by atoms with Crippen LogP contribution >= 0.6 is 0 Å². The number of halogens is 3. The minimum Gasteiger partial charge on any atom is -0.388 e. The highest BCUT2D eigenvalue weighted by molar-refractivity contribution is 5.21. The molecule has 0 saturated heterocycles. The van der Waals surface area contributed by atoms with Crippen molar-refractivity contribution in [3.05, 3.63) is 35.1 Å². The van der Waals surface area contributed by atoms with E-state index in [4.69, 9.17) is 0 Å². The van der Waals surface area contributed by atoms with Gasteiger partial charge in [-0.1, -0.05) is 32.6 Å². The van der Waals surface area contributed by atoms with E-state index in [1.165, 1.54) is 0 Å². The fourth-order valence-corrected chi connectivity index (χ4v) is 1.70. The van der Waals surface area contributed by atoms with Gasteiger partial charge in [0, 0.05) is 0 Å². The standard InChI is InChI=1S/C13H17F3O/c1-2-3-4-5-6-12(17)9-7-10(14)13(16)11(15)8-9/h7-8,12,17H,2-6H2,1H3. The summed E-state index contributed by atoms with van der Waals surface area (Å²) in [6, 6.07) is 1.70. The second-order valence-electron chi connectivity index (χ2n) is 4.16. The van der Waals surface area contributed by atoms with E-state index in [2.05, 4.69) is 6.92 Å². The largest absolute Gasteiger partial charge is 0.388 e. The molecular formula is C13H17F3O. The van der Waals surface area contributed by atoms with Crippen LogP contribution in [0.15, 0.2) is 12.1 Å². The smallest absolute Gasteiger partial charge is 0.194 e. The van der Waals surface area contributed by atoms with E-state index < -0.39 is 23.6 Å². The van der Waals surface area contributed by atoms with Crippen molar-refractivity contribution in [1.82, 2.24) is 0 Å². The van der Waals surface area contributed by atoms with Gasteiger partial charge < -0.3 is 5.11 Å². The van der Waals surface area contributed by atoms with E-state index in [1.54, 1.807) is 0 Å². The second kappa shape index (κ2) is 6.64. The zero-order valence-corrected chi connectivity index (χ0v) is 9.85. The normalized spacial score (nSPS) is 12.8. The van der Waals surface area contributed by atoms with Gasteiger partial charge in [0.05, 0.1) is 6.10 Å². The molecule has 0 aliphatic heterocycles. The lowest BCUT2D eigenvalue weighted by molar-refractivity contribution is 0.162. The number of hydrogen-bond donors (Lipinski definition) is 1. The van der Waals surface area contributed by atoms with Gasteiger partial charge in [-0.25, -0.2) is 13.2 Å². The zero-order chi connectivity index (χ0) is 12.8. The highest BCUT2D eigenvalue weighted by atomic mass is 19.2. The Morgan fingerprint density at radius 2 is 1.65 bits per heavy atom. The van der Waals surface area contributed by atoms with Crippen LogP contribution in [0.2, 0.25) is 0 Å². The maximum atomic E-state index is 12.9. The molecule has 0 fully saturated rings. The molecular weight excluding hydrogens is 229 g/mol. The van der Waals surface area contributed by atoms with Gasteiger partial charge in [0.1, 0.15) is 0 Å². The Bertz CT molecular complexity index is 343. The molecule has 1 N–H and O–H groups in total. The molecule has 17 heavy (non-hydrogen) atoms. The molecule has 0 radical (unpaired) electrons. The molecule has 0 aliphatic rings. The summed E-state index contributed by atoms with van der Waals surface area (Å²) in [4.78, 5) is 0. The molecule has 1 rings (SSSR count). The first-order valence-electron chi connectivity index (χ1n) is 5.88. The predicted octanol–water partition coefficient (Wildman–Crippen LogP) is 4.11. The molecule has 1 aromatic rings. The van der Waals surface area contributed by atoms with E-state index in [-0.39, 0.29) is 5.56 Å². The Kier molecular flexibility index (Phi) is 5.48. The molecule has 1 unspecified atom stereocenters. The van der Waals surface area contributed by atoms with Crippen LogP contribution in [0.25, 0.3) is 0 Å². The summed E-state index contributed by atoms with van der Waals surface area (Å²) in [6.07, 6.45) is 3.41. The third kappa shape index (κ3) is 4.04. The predicted molar refractivity (Wildman–Crippen MR) is 60.0 cm³/mol. The van der Waals surface area contributed by atoms with Crippen LogP contribution in [0.5, 0.6) is 0 Å². The molecule has 0 aromatic heterocycles. The Hall–Kier alpha value is -1.03. The summed E-state index contributed by atoms with van der Waals surface area (Å²) in [7, 11) is 0. The third-order valence-corrected chi connectivity index (χ3v) is 2.72. The van der Waals surface area contributed by atoms with Crippen molar-refractivity contribution in [3.63, 3.8) is 0 Å². The summed E-state index contributed by atoms with van der Waals surface area (Å²) < 4.78 is 38.5. The summed E-state index contributed by atoms with van der Waals surface area (Å²) in [5.41, 5.74) is 0.0953. The lowest BCUT2D eigenvalue weighted by Gasteiger charge is -2.11. The topological polar surface area (TPSA) is 20.2 Å². The first-order valence-corrected chi connectivity index (χ1v) is 5.88. The number of benzene rings is 1. The molecule has 1 atom stereocenters. The summed E-state index contributed by atoms with van der Waals surface area (Å²) >= 11 is 0. The second-order valence-corrected chi connectivity index (χ2v) is 4.16. The number of rotatable bonds is 6. The molecule has 4 heteroatoms. The van der Waals surface area contributed by atoms with Gasteiger partial charge >= 0.3 is 0 Å². The van der Waals surface area contributed by atoms with Crippen molar-refractivity contribution in [2.45, 2.75) is 45.1 Å². The molecule has 0 spiro atoms. The Morgan fingerprint density at radius 3 is 2.18 bits per heavy atom. The summed E-state index contributed by atoms with van der Waals surface area (Å²) in [5.74, 6) is -4.01. The van der Waals surface area contributed by atoms with Crippen molar-refractivity contribution < 1.29 is 18.3 Å². The highest BCUT2D eigenvalue weighted by Crippen LogP contribution is 2.23. The van der Waals surface area contributed by atoms with Crippen molar-refractivity contribution in [3.8, 4) is 0 Å². The average molecular weight is 246 g/mol. The van der Waals surface area contributed by atoms with Gasteiger partial charge in [-0.05, 0) is 24.1 Å². The highest BCUT2D eigenvalue weighted by Gasteiger charge is 2.15. The van der Waals surface area contributed by atoms with Crippen LogP contribution in [-0.4, -0.2) is 5.11 Å². The number of hydrogen-bond acceptors (Lipinski definition) is 1. The molecule has 0 bridgehead atoms. The lowest BCUT2D eigenvalue weighted by Crippen LogP contribution is -2.01. The average Bonchev–Trinajstić information content (AvgIpc) is 2.30. The first-order chi connectivity index (χ1) is 8.06. The van der Waals surface area contributed by atoms with Crippen LogP contribution in [0.1, 0.15) is 50.7 Å². The monoisotopic (exact) mass is 246 g/mol. The summed E-state index contributed by atoms with van der Waals surface area (Å²) in [6.45, 7) is 2.07.